The van der Waals surface area contributed by atoms with E-state index in [1.807, 2.05) is 7.05 Å². The van der Waals surface area contributed by atoms with Crippen LogP contribution >= 0.6 is 31.9 Å². The van der Waals surface area contributed by atoms with Crippen LogP contribution in [-0.2, 0) is 7.05 Å². The van der Waals surface area contributed by atoms with Crippen LogP contribution in [0.25, 0.3) is 6.08 Å². The molecule has 1 aromatic rings. The molecule has 1 aromatic heterocycles. The second-order valence-electron chi connectivity index (χ2n) is 2.68. The lowest BCUT2D eigenvalue weighted by Gasteiger charge is -1.99. The van der Waals surface area contributed by atoms with E-state index in [0.717, 1.165) is 22.0 Å². The Labute approximate surface area is 94.5 Å². The first-order valence-electron chi connectivity index (χ1n) is 3.99. The quantitative estimate of drug-likeness (QED) is 0.804. The first-order chi connectivity index (χ1) is 6.19. The zero-order valence-electron chi connectivity index (χ0n) is 7.59. The first-order valence-corrected chi connectivity index (χ1v) is 5.91. The minimum absolute atomic E-state index is 0.793. The van der Waals surface area contributed by atoms with Gasteiger partial charge < -0.3 is 0 Å². The van der Waals surface area contributed by atoms with Crippen LogP contribution in [0.5, 0.6) is 0 Å². The fourth-order valence-corrected chi connectivity index (χ4v) is 1.92. The van der Waals surface area contributed by atoms with Crippen LogP contribution in [0.1, 0.15) is 19.0 Å². The summed E-state index contributed by atoms with van der Waals surface area (Å²) >= 11 is 6.79. The van der Waals surface area contributed by atoms with Crippen LogP contribution in [0.15, 0.2) is 10.2 Å². The second kappa shape index (κ2) is 4.91. The van der Waals surface area contributed by atoms with Crippen LogP contribution in [0.4, 0.5) is 0 Å². The molecule has 0 radical (unpaired) electrons. The fraction of sp³-hybridized carbons (Fsp3) is 0.500. The standard InChI is InChI=1S/C8H11Br2N3/c1-3-6(5-9)4-7-8(10)11-12-13(7)2/h4H,3,5H2,1-2H3/b6-4+. The van der Waals surface area contributed by atoms with Gasteiger partial charge in [-0.05, 0) is 28.4 Å². The van der Waals surface area contributed by atoms with E-state index in [9.17, 15) is 0 Å². The summed E-state index contributed by atoms with van der Waals surface area (Å²) in [5.74, 6) is 0. The van der Waals surface area contributed by atoms with E-state index >= 15 is 0 Å². The van der Waals surface area contributed by atoms with Gasteiger partial charge in [0.1, 0.15) is 0 Å². The van der Waals surface area contributed by atoms with Crippen molar-refractivity contribution in [2.24, 2.45) is 7.05 Å². The van der Waals surface area contributed by atoms with E-state index in [0.29, 0.717) is 0 Å². The Morgan fingerprint density at radius 3 is 2.69 bits per heavy atom. The Bertz CT molecular complexity index is 292. The molecule has 0 aliphatic heterocycles. The van der Waals surface area contributed by atoms with Gasteiger partial charge in [0.25, 0.3) is 0 Å². The zero-order valence-corrected chi connectivity index (χ0v) is 10.8. The van der Waals surface area contributed by atoms with Crippen molar-refractivity contribution < 1.29 is 0 Å². The third kappa shape index (κ3) is 2.64. The van der Waals surface area contributed by atoms with Crippen LogP contribution in [0.2, 0.25) is 0 Å². The van der Waals surface area contributed by atoms with Crippen LogP contribution in [0, 0.1) is 0 Å². The molecule has 5 heteroatoms. The maximum Gasteiger partial charge on any atom is 0.155 e. The van der Waals surface area contributed by atoms with Gasteiger partial charge >= 0.3 is 0 Å². The van der Waals surface area contributed by atoms with Crippen molar-refractivity contribution in [3.63, 3.8) is 0 Å². The Morgan fingerprint density at radius 1 is 1.62 bits per heavy atom. The molecule has 0 unspecified atom stereocenters. The number of aryl methyl sites for hydroxylation is 1. The summed E-state index contributed by atoms with van der Waals surface area (Å²) in [6.07, 6.45) is 3.13. The molecule has 1 rings (SSSR count). The summed E-state index contributed by atoms with van der Waals surface area (Å²) in [4.78, 5) is 0. The van der Waals surface area contributed by atoms with Crippen molar-refractivity contribution in [2.75, 3.05) is 5.33 Å². The highest BCUT2D eigenvalue weighted by molar-refractivity contribution is 9.10. The average molecular weight is 309 g/mol. The third-order valence-electron chi connectivity index (χ3n) is 1.79. The molecule has 0 bridgehead atoms. The van der Waals surface area contributed by atoms with E-state index in [4.69, 9.17) is 0 Å². The number of allylic oxidation sites excluding steroid dienone is 1. The highest BCUT2D eigenvalue weighted by Crippen LogP contribution is 2.17. The molecule has 0 aliphatic rings. The van der Waals surface area contributed by atoms with Crippen molar-refractivity contribution in [1.82, 2.24) is 15.0 Å². The molecule has 0 fully saturated rings. The highest BCUT2D eigenvalue weighted by atomic mass is 79.9. The minimum atomic E-state index is 0.793. The van der Waals surface area contributed by atoms with Gasteiger partial charge in [-0.25, -0.2) is 4.68 Å². The number of alkyl halides is 1. The Balaban J connectivity index is 3.01. The molecule has 13 heavy (non-hydrogen) atoms. The third-order valence-corrected chi connectivity index (χ3v) is 3.08. The molecule has 3 nitrogen and oxygen atoms in total. The molecule has 0 aliphatic carbocycles. The molecule has 0 aromatic carbocycles. The molecule has 0 saturated heterocycles. The Morgan fingerprint density at radius 2 is 2.31 bits per heavy atom. The summed E-state index contributed by atoms with van der Waals surface area (Å²) in [5, 5.41) is 8.70. The number of nitrogens with zero attached hydrogens (tertiary/aromatic N) is 3. The van der Waals surface area contributed by atoms with Crippen LogP contribution in [-0.4, -0.2) is 20.3 Å². The summed E-state index contributed by atoms with van der Waals surface area (Å²) < 4.78 is 2.55. The summed E-state index contributed by atoms with van der Waals surface area (Å²) in [6.45, 7) is 2.13. The summed E-state index contributed by atoms with van der Waals surface area (Å²) in [7, 11) is 1.88. The largest absolute Gasteiger partial charge is 0.247 e. The van der Waals surface area contributed by atoms with E-state index < -0.39 is 0 Å². The van der Waals surface area contributed by atoms with Gasteiger partial charge in [-0.2, -0.15) is 0 Å². The Kier molecular flexibility index (Phi) is 4.12. The molecule has 0 amide bonds. The van der Waals surface area contributed by atoms with Crippen LogP contribution < -0.4 is 0 Å². The van der Waals surface area contributed by atoms with Gasteiger partial charge in [-0.1, -0.05) is 33.6 Å². The van der Waals surface area contributed by atoms with Gasteiger partial charge in [0.05, 0.1) is 5.69 Å². The number of hydrogen-bond acceptors (Lipinski definition) is 2. The van der Waals surface area contributed by atoms with Gasteiger partial charge in [0.2, 0.25) is 0 Å². The topological polar surface area (TPSA) is 30.7 Å². The lowest BCUT2D eigenvalue weighted by Crippen LogP contribution is -1.94. The lowest BCUT2D eigenvalue weighted by molar-refractivity contribution is 0.708. The highest BCUT2D eigenvalue weighted by Gasteiger charge is 2.05. The van der Waals surface area contributed by atoms with E-state index in [-0.39, 0.29) is 0 Å². The molecular weight excluding hydrogens is 298 g/mol. The predicted octanol–water partition coefficient (Wildman–Crippen LogP) is 2.77. The number of rotatable bonds is 3. The van der Waals surface area contributed by atoms with Crippen molar-refractivity contribution in [1.29, 1.82) is 0 Å². The van der Waals surface area contributed by atoms with Crippen molar-refractivity contribution in [3.8, 4) is 0 Å². The molecule has 0 spiro atoms. The van der Waals surface area contributed by atoms with Gasteiger partial charge in [0.15, 0.2) is 4.60 Å². The lowest BCUT2D eigenvalue weighted by atomic mass is 10.2. The molecule has 72 valence electrons. The normalized spacial score (nSPS) is 12.2. The average Bonchev–Trinajstić information content (AvgIpc) is 2.44. The van der Waals surface area contributed by atoms with Crippen molar-refractivity contribution in [2.45, 2.75) is 13.3 Å². The molecular formula is C8H11Br2N3. The minimum Gasteiger partial charge on any atom is -0.247 e. The van der Waals surface area contributed by atoms with Gasteiger partial charge in [-0.15, -0.1) is 5.10 Å². The van der Waals surface area contributed by atoms with E-state index in [2.05, 4.69) is 55.2 Å². The van der Waals surface area contributed by atoms with Crippen molar-refractivity contribution >= 4 is 37.9 Å². The van der Waals surface area contributed by atoms with Crippen molar-refractivity contribution in [3.05, 3.63) is 15.9 Å². The zero-order chi connectivity index (χ0) is 9.84. The maximum atomic E-state index is 3.91. The predicted molar refractivity (Wildman–Crippen MR) is 60.8 cm³/mol. The summed E-state index contributed by atoms with van der Waals surface area (Å²) in [5.41, 5.74) is 2.34. The van der Waals surface area contributed by atoms with Gasteiger partial charge in [0, 0.05) is 12.4 Å². The maximum absolute atomic E-state index is 3.91. The number of halogens is 2. The second-order valence-corrected chi connectivity index (χ2v) is 3.99. The van der Waals surface area contributed by atoms with E-state index in [1.165, 1.54) is 5.57 Å². The monoisotopic (exact) mass is 307 g/mol. The van der Waals surface area contributed by atoms with E-state index in [1.54, 1.807) is 4.68 Å². The Hall–Kier alpha value is -0.160. The number of aromatic nitrogens is 3. The smallest absolute Gasteiger partial charge is 0.155 e. The fourth-order valence-electron chi connectivity index (χ4n) is 0.921. The van der Waals surface area contributed by atoms with Crippen LogP contribution in [0.3, 0.4) is 0 Å². The summed E-state index contributed by atoms with van der Waals surface area (Å²) in [6, 6.07) is 0. The molecule has 0 atom stereocenters. The molecule has 0 saturated carbocycles. The molecule has 0 N–H and O–H groups in total. The number of hydrogen-bond donors (Lipinski definition) is 0. The molecule has 1 heterocycles. The SMILES string of the molecule is CC/C(=C\c1c(Br)nnn1C)CBr. The van der Waals surface area contributed by atoms with Gasteiger partial charge in [-0.3, -0.25) is 0 Å². The first kappa shape index (κ1) is 10.9.